The summed E-state index contributed by atoms with van der Waals surface area (Å²) in [5, 5.41) is 14.3. The zero-order valence-corrected chi connectivity index (χ0v) is 11.0. The van der Waals surface area contributed by atoms with Gasteiger partial charge in [0.2, 0.25) is 0 Å². The number of phenols is 1. The number of piperidine rings is 1. The maximum atomic E-state index is 9.93. The van der Waals surface area contributed by atoms with Gasteiger partial charge >= 0.3 is 0 Å². The number of phenolic OH excluding ortho intramolecular Hbond substituents is 1. The van der Waals surface area contributed by atoms with E-state index in [-0.39, 0.29) is 20.4 Å². The van der Waals surface area contributed by atoms with Gasteiger partial charge in [-0.2, -0.15) is 0 Å². The van der Waals surface area contributed by atoms with Crippen molar-refractivity contribution in [1.29, 1.82) is 0 Å². The quantitative estimate of drug-likeness (QED) is 0.706. The van der Waals surface area contributed by atoms with Crippen LogP contribution in [0.4, 0.5) is 0 Å². The first-order chi connectivity index (χ1) is 7.86. The smallest absolute Gasteiger partial charge is 0.125 e. The molecule has 1 aliphatic rings. The van der Waals surface area contributed by atoms with Crippen LogP contribution >= 0.6 is 0 Å². The molecular formula is C13H16N2OPd. The molecule has 0 saturated carbocycles. The normalized spacial score (nSPS) is 20.1. The van der Waals surface area contributed by atoms with Crippen LogP contribution in [0.2, 0.25) is 0 Å². The second-order valence-electron chi connectivity index (χ2n) is 4.49. The Morgan fingerprint density at radius 3 is 2.94 bits per heavy atom. The molecule has 0 bridgehead atoms. The summed E-state index contributed by atoms with van der Waals surface area (Å²) in [4.78, 5) is 3.24. The molecule has 4 heteroatoms. The van der Waals surface area contributed by atoms with Gasteiger partial charge in [0.1, 0.15) is 5.75 Å². The summed E-state index contributed by atoms with van der Waals surface area (Å²) >= 11 is 0. The van der Waals surface area contributed by atoms with Crippen LogP contribution in [0.25, 0.3) is 10.9 Å². The maximum Gasteiger partial charge on any atom is 0.125 e. The van der Waals surface area contributed by atoms with Crippen LogP contribution in [0.5, 0.6) is 5.75 Å². The molecule has 0 amide bonds. The first kappa shape index (κ1) is 12.6. The van der Waals surface area contributed by atoms with Gasteiger partial charge in [-0.1, -0.05) is 6.07 Å². The van der Waals surface area contributed by atoms with E-state index in [1.165, 1.54) is 18.4 Å². The number of nitrogens with one attached hydrogen (secondary N) is 2. The molecule has 3 nitrogen and oxygen atoms in total. The molecule has 0 spiro atoms. The molecule has 0 radical (unpaired) electrons. The number of benzene rings is 1. The number of H-pyrrole nitrogens is 1. The van der Waals surface area contributed by atoms with Crippen LogP contribution in [0.1, 0.15) is 24.3 Å². The third-order valence-electron chi connectivity index (χ3n) is 3.45. The molecule has 0 aliphatic carbocycles. The SMILES string of the molecule is Oc1cccc2[nH]cc(C3CCCNC3)c12.[Pd]. The molecule has 94 valence electrons. The van der Waals surface area contributed by atoms with E-state index in [0.717, 1.165) is 24.0 Å². The second kappa shape index (κ2) is 5.22. The summed E-state index contributed by atoms with van der Waals surface area (Å²) < 4.78 is 0. The molecule has 1 aromatic carbocycles. The number of fused-ring (bicyclic) bond motifs is 1. The van der Waals surface area contributed by atoms with Gasteiger partial charge in [-0.15, -0.1) is 0 Å². The standard InChI is InChI=1S/C13H16N2O.Pd/c16-12-5-1-4-11-13(12)10(8-15-11)9-3-2-6-14-7-9;/h1,4-5,8-9,14-16H,2-3,6-7H2;. The average molecular weight is 323 g/mol. The number of aromatic amines is 1. The Bertz CT molecular complexity index is 503. The van der Waals surface area contributed by atoms with Crippen molar-refractivity contribution in [3.63, 3.8) is 0 Å². The minimum atomic E-state index is 0. The van der Waals surface area contributed by atoms with Crippen molar-refractivity contribution in [2.24, 2.45) is 0 Å². The van der Waals surface area contributed by atoms with Crippen molar-refractivity contribution >= 4 is 10.9 Å². The predicted octanol–water partition coefficient (Wildman–Crippen LogP) is 2.34. The van der Waals surface area contributed by atoms with Gasteiger partial charge in [-0.3, -0.25) is 0 Å². The summed E-state index contributed by atoms with van der Waals surface area (Å²) in [6.07, 6.45) is 4.46. The largest absolute Gasteiger partial charge is 0.507 e. The predicted molar refractivity (Wildman–Crippen MR) is 64.8 cm³/mol. The zero-order chi connectivity index (χ0) is 11.0. The number of hydrogen-bond donors (Lipinski definition) is 3. The van der Waals surface area contributed by atoms with Gasteiger partial charge in [-0.05, 0) is 43.0 Å². The van der Waals surface area contributed by atoms with Gasteiger partial charge in [0.15, 0.2) is 0 Å². The molecule has 2 aromatic rings. The van der Waals surface area contributed by atoms with Crippen LogP contribution < -0.4 is 5.32 Å². The molecule has 1 unspecified atom stereocenters. The van der Waals surface area contributed by atoms with Gasteiger partial charge in [0.05, 0.1) is 0 Å². The Morgan fingerprint density at radius 2 is 2.18 bits per heavy atom. The van der Waals surface area contributed by atoms with Crippen LogP contribution in [0.3, 0.4) is 0 Å². The first-order valence-corrected chi connectivity index (χ1v) is 5.86. The summed E-state index contributed by atoms with van der Waals surface area (Å²) in [5.74, 6) is 0.912. The molecular weight excluding hydrogens is 307 g/mol. The van der Waals surface area contributed by atoms with E-state index < -0.39 is 0 Å². The minimum absolute atomic E-state index is 0. The van der Waals surface area contributed by atoms with Crippen LogP contribution in [-0.2, 0) is 20.4 Å². The molecule has 1 saturated heterocycles. The second-order valence-corrected chi connectivity index (χ2v) is 4.49. The Morgan fingerprint density at radius 1 is 1.29 bits per heavy atom. The van der Waals surface area contributed by atoms with E-state index in [0.29, 0.717) is 11.7 Å². The third-order valence-corrected chi connectivity index (χ3v) is 3.45. The fourth-order valence-corrected chi connectivity index (χ4v) is 2.63. The average Bonchev–Trinajstić information content (AvgIpc) is 2.75. The fraction of sp³-hybridized carbons (Fsp3) is 0.385. The van der Waals surface area contributed by atoms with Crippen molar-refractivity contribution in [3.05, 3.63) is 30.0 Å². The Kier molecular flexibility index (Phi) is 3.88. The summed E-state index contributed by atoms with van der Waals surface area (Å²) in [6, 6.07) is 5.64. The van der Waals surface area contributed by atoms with E-state index in [9.17, 15) is 5.11 Å². The van der Waals surface area contributed by atoms with Gasteiger partial charge in [0, 0.05) is 44.1 Å². The molecule has 1 fully saturated rings. The molecule has 1 atom stereocenters. The Hall–Kier alpha value is -0.818. The number of aromatic nitrogens is 1. The molecule has 1 aromatic heterocycles. The molecule has 1 aliphatic heterocycles. The van der Waals surface area contributed by atoms with Crippen LogP contribution in [0, 0.1) is 0 Å². The monoisotopic (exact) mass is 322 g/mol. The van der Waals surface area contributed by atoms with Crippen molar-refractivity contribution in [3.8, 4) is 5.75 Å². The summed E-state index contributed by atoms with van der Waals surface area (Å²) in [7, 11) is 0. The van der Waals surface area contributed by atoms with E-state index >= 15 is 0 Å². The molecule has 3 N–H and O–H groups in total. The van der Waals surface area contributed by atoms with Crippen molar-refractivity contribution in [2.45, 2.75) is 18.8 Å². The number of rotatable bonds is 1. The van der Waals surface area contributed by atoms with E-state index in [1.807, 2.05) is 18.3 Å². The first-order valence-electron chi connectivity index (χ1n) is 5.86. The van der Waals surface area contributed by atoms with E-state index in [4.69, 9.17) is 0 Å². The molecule has 2 heterocycles. The number of hydrogen-bond acceptors (Lipinski definition) is 2. The Balaban J connectivity index is 0.00000108. The zero-order valence-electron chi connectivity index (χ0n) is 9.48. The van der Waals surface area contributed by atoms with Crippen LogP contribution in [0.15, 0.2) is 24.4 Å². The van der Waals surface area contributed by atoms with Gasteiger partial charge in [-0.25, -0.2) is 0 Å². The third kappa shape index (κ3) is 2.26. The Labute approximate surface area is 114 Å². The van der Waals surface area contributed by atoms with E-state index in [2.05, 4.69) is 10.3 Å². The molecule has 17 heavy (non-hydrogen) atoms. The maximum absolute atomic E-state index is 9.93. The van der Waals surface area contributed by atoms with Gasteiger partial charge < -0.3 is 15.4 Å². The topological polar surface area (TPSA) is 48.0 Å². The van der Waals surface area contributed by atoms with Crippen molar-refractivity contribution in [2.75, 3.05) is 13.1 Å². The van der Waals surface area contributed by atoms with Crippen LogP contribution in [-0.4, -0.2) is 23.2 Å². The summed E-state index contributed by atoms with van der Waals surface area (Å²) in [5.41, 5.74) is 2.28. The summed E-state index contributed by atoms with van der Waals surface area (Å²) in [6.45, 7) is 2.13. The van der Waals surface area contributed by atoms with Gasteiger partial charge in [0.25, 0.3) is 0 Å². The van der Waals surface area contributed by atoms with Crippen molar-refractivity contribution < 1.29 is 25.5 Å². The minimum Gasteiger partial charge on any atom is -0.507 e. The van der Waals surface area contributed by atoms with E-state index in [1.54, 1.807) is 6.07 Å². The van der Waals surface area contributed by atoms with Crippen molar-refractivity contribution in [1.82, 2.24) is 10.3 Å². The molecule has 3 rings (SSSR count). The fourth-order valence-electron chi connectivity index (χ4n) is 2.63. The number of aromatic hydroxyl groups is 1.